The number of amides is 1. The number of piperidine rings is 1. The minimum atomic E-state index is -4.50. The molecule has 1 N–H and O–H groups in total. The number of pyridine rings is 1. The summed E-state index contributed by atoms with van der Waals surface area (Å²) < 4.78 is 70.4. The molecule has 5 aromatic rings. The Morgan fingerprint density at radius 1 is 0.951 bits per heavy atom. The van der Waals surface area contributed by atoms with E-state index < -0.39 is 41.0 Å². The molecule has 0 spiro atoms. The first-order valence-corrected chi connectivity index (χ1v) is 12.7. The number of halogens is 5. The molecule has 1 aliphatic rings. The molecule has 0 bridgehead atoms. The standard InChI is InChI=1S/C28H21F5N6O2/c29-20-5-6-21-25(24(20)30)38(27(41)35-21)18-9-13-37(14-10-18)26(40)22-15-23(16-7-11-34-12-8-16)39(36-22)19-3-1-17(2-4-19)28(31,32)33/h1-8,11-12,15,18H,9-10,13-14H2,(H,35,41). The average molecular weight is 569 g/mol. The molecule has 0 radical (unpaired) electrons. The fourth-order valence-electron chi connectivity index (χ4n) is 5.19. The molecule has 0 unspecified atom stereocenters. The molecular weight excluding hydrogens is 547 g/mol. The van der Waals surface area contributed by atoms with Crippen LogP contribution in [0.5, 0.6) is 0 Å². The van der Waals surface area contributed by atoms with Crippen LogP contribution in [0.4, 0.5) is 22.0 Å². The molecule has 1 amide bonds. The van der Waals surface area contributed by atoms with Gasteiger partial charge in [0.1, 0.15) is 5.52 Å². The first-order valence-electron chi connectivity index (χ1n) is 12.7. The largest absolute Gasteiger partial charge is 0.416 e. The van der Waals surface area contributed by atoms with Crippen molar-refractivity contribution in [2.45, 2.75) is 25.1 Å². The average Bonchev–Trinajstić information content (AvgIpc) is 3.57. The molecule has 2 aromatic carbocycles. The highest BCUT2D eigenvalue weighted by atomic mass is 19.4. The number of fused-ring (bicyclic) bond motifs is 1. The lowest BCUT2D eigenvalue weighted by Gasteiger charge is -2.32. The van der Waals surface area contributed by atoms with Crippen molar-refractivity contribution < 1.29 is 26.7 Å². The lowest BCUT2D eigenvalue weighted by molar-refractivity contribution is -0.137. The normalized spacial score (nSPS) is 14.6. The fourth-order valence-corrected chi connectivity index (χ4v) is 5.19. The molecule has 8 nitrogen and oxygen atoms in total. The van der Waals surface area contributed by atoms with Crippen LogP contribution in [0.1, 0.15) is 34.9 Å². The highest BCUT2D eigenvalue weighted by Gasteiger charge is 2.31. The van der Waals surface area contributed by atoms with Gasteiger partial charge >= 0.3 is 11.9 Å². The summed E-state index contributed by atoms with van der Waals surface area (Å²) in [7, 11) is 0. The van der Waals surface area contributed by atoms with Gasteiger partial charge in [-0.3, -0.25) is 14.3 Å². The minimum Gasteiger partial charge on any atom is -0.337 e. The summed E-state index contributed by atoms with van der Waals surface area (Å²) in [5, 5.41) is 4.44. The number of aromatic nitrogens is 5. The van der Waals surface area contributed by atoms with E-state index in [0.29, 0.717) is 29.8 Å². The lowest BCUT2D eigenvalue weighted by atomic mass is 10.0. The Kier molecular flexibility index (Phi) is 6.43. The van der Waals surface area contributed by atoms with E-state index in [2.05, 4.69) is 15.1 Å². The summed E-state index contributed by atoms with van der Waals surface area (Å²) in [6.45, 7) is 0.439. The second-order valence-corrected chi connectivity index (χ2v) is 9.69. The molecule has 0 aliphatic carbocycles. The van der Waals surface area contributed by atoms with Gasteiger partial charge in [0.25, 0.3) is 5.91 Å². The number of imidazole rings is 1. The molecule has 0 atom stereocenters. The van der Waals surface area contributed by atoms with Crippen LogP contribution in [0.25, 0.3) is 28.0 Å². The van der Waals surface area contributed by atoms with Gasteiger partial charge in [0.2, 0.25) is 0 Å². The molecule has 0 saturated carbocycles. The zero-order valence-corrected chi connectivity index (χ0v) is 21.2. The summed E-state index contributed by atoms with van der Waals surface area (Å²) in [6, 6.07) is 11.2. The second-order valence-electron chi connectivity index (χ2n) is 9.69. The number of alkyl halides is 3. The Bertz CT molecular complexity index is 1800. The highest BCUT2D eigenvalue weighted by molar-refractivity contribution is 5.93. The number of rotatable bonds is 4. The van der Waals surface area contributed by atoms with Crippen molar-refractivity contribution in [2.24, 2.45) is 0 Å². The zero-order valence-electron chi connectivity index (χ0n) is 21.2. The molecule has 1 aliphatic heterocycles. The zero-order chi connectivity index (χ0) is 28.9. The predicted molar refractivity (Wildman–Crippen MR) is 138 cm³/mol. The van der Waals surface area contributed by atoms with Gasteiger partial charge in [-0.25, -0.2) is 18.3 Å². The van der Waals surface area contributed by atoms with E-state index in [-0.39, 0.29) is 29.8 Å². The van der Waals surface area contributed by atoms with Gasteiger partial charge in [0, 0.05) is 37.1 Å². The highest BCUT2D eigenvalue weighted by Crippen LogP contribution is 2.32. The Labute approximate surface area is 228 Å². The minimum absolute atomic E-state index is 0.0764. The van der Waals surface area contributed by atoms with E-state index in [4.69, 9.17) is 0 Å². The third kappa shape index (κ3) is 4.77. The number of aromatic amines is 1. The number of H-pyrrole nitrogens is 1. The number of likely N-dealkylation sites (tertiary alicyclic amines) is 1. The second kappa shape index (κ2) is 9.98. The van der Waals surface area contributed by atoms with Crippen LogP contribution >= 0.6 is 0 Å². The van der Waals surface area contributed by atoms with Crippen molar-refractivity contribution in [3.63, 3.8) is 0 Å². The Balaban J connectivity index is 1.28. The van der Waals surface area contributed by atoms with Gasteiger partial charge in [-0.15, -0.1) is 0 Å². The lowest BCUT2D eigenvalue weighted by Crippen LogP contribution is -2.40. The molecule has 3 aromatic heterocycles. The molecule has 6 rings (SSSR count). The smallest absolute Gasteiger partial charge is 0.337 e. The summed E-state index contributed by atoms with van der Waals surface area (Å²) in [4.78, 5) is 34.2. The van der Waals surface area contributed by atoms with Crippen molar-refractivity contribution in [2.75, 3.05) is 13.1 Å². The maximum Gasteiger partial charge on any atom is 0.416 e. The van der Waals surface area contributed by atoms with Crippen molar-refractivity contribution >= 4 is 16.9 Å². The molecular formula is C28H21F5N6O2. The van der Waals surface area contributed by atoms with Crippen LogP contribution in [0.15, 0.2) is 71.8 Å². The van der Waals surface area contributed by atoms with E-state index in [0.717, 1.165) is 18.2 Å². The quantitative estimate of drug-likeness (QED) is 0.296. The summed E-state index contributed by atoms with van der Waals surface area (Å²) in [6.07, 6.45) is -0.779. The van der Waals surface area contributed by atoms with Crippen molar-refractivity contribution in [3.05, 3.63) is 100 Å². The summed E-state index contributed by atoms with van der Waals surface area (Å²) in [5.41, 5.74) is 0.206. The first-order chi connectivity index (χ1) is 19.6. The van der Waals surface area contributed by atoms with E-state index >= 15 is 0 Å². The number of nitrogens with one attached hydrogen (secondary N) is 1. The van der Waals surface area contributed by atoms with Crippen LogP contribution in [-0.4, -0.2) is 48.2 Å². The maximum atomic E-state index is 14.6. The number of nitrogens with zero attached hydrogens (tertiary/aromatic N) is 5. The van der Waals surface area contributed by atoms with Crippen LogP contribution in [-0.2, 0) is 6.18 Å². The summed E-state index contributed by atoms with van der Waals surface area (Å²) in [5.74, 6) is -2.59. The van der Waals surface area contributed by atoms with E-state index in [1.807, 2.05) is 0 Å². The Morgan fingerprint density at radius 3 is 2.29 bits per heavy atom. The van der Waals surface area contributed by atoms with E-state index in [9.17, 15) is 31.5 Å². The predicted octanol–water partition coefficient (Wildman–Crippen LogP) is 5.35. The van der Waals surface area contributed by atoms with Gasteiger partial charge in [0.05, 0.1) is 22.5 Å². The first kappa shape index (κ1) is 26.4. The van der Waals surface area contributed by atoms with Gasteiger partial charge in [-0.2, -0.15) is 18.3 Å². The number of carbonyl (C=O) groups is 1. The van der Waals surface area contributed by atoms with Gasteiger partial charge in [-0.1, -0.05) is 0 Å². The fraction of sp³-hybridized carbons (Fsp3) is 0.214. The van der Waals surface area contributed by atoms with Crippen molar-refractivity contribution in [3.8, 4) is 16.9 Å². The van der Waals surface area contributed by atoms with E-state index in [1.165, 1.54) is 27.4 Å². The van der Waals surface area contributed by atoms with Gasteiger partial charge < -0.3 is 9.88 Å². The molecule has 4 heterocycles. The number of hydrogen-bond acceptors (Lipinski definition) is 4. The molecule has 1 saturated heterocycles. The molecule has 1 fully saturated rings. The van der Waals surface area contributed by atoms with Crippen molar-refractivity contribution in [1.29, 1.82) is 0 Å². The topological polar surface area (TPSA) is 88.8 Å². The Hall–Kier alpha value is -4.81. The van der Waals surface area contributed by atoms with Gasteiger partial charge in [-0.05, 0) is 67.4 Å². The summed E-state index contributed by atoms with van der Waals surface area (Å²) >= 11 is 0. The third-order valence-corrected chi connectivity index (χ3v) is 7.23. The molecule has 41 heavy (non-hydrogen) atoms. The third-order valence-electron chi connectivity index (χ3n) is 7.23. The molecule has 210 valence electrons. The Morgan fingerprint density at radius 2 is 1.63 bits per heavy atom. The number of carbonyl (C=O) groups excluding carboxylic acids is 1. The van der Waals surface area contributed by atoms with Crippen LogP contribution in [0.3, 0.4) is 0 Å². The van der Waals surface area contributed by atoms with Crippen LogP contribution in [0.2, 0.25) is 0 Å². The SMILES string of the molecule is O=C(c1cc(-c2ccncc2)n(-c2ccc(C(F)(F)F)cc2)n1)N1CCC(n2c(=O)[nH]c3ccc(F)c(F)c32)CC1. The van der Waals surface area contributed by atoms with Gasteiger partial charge in [0.15, 0.2) is 17.3 Å². The molecule has 13 heteroatoms. The number of hydrogen-bond donors (Lipinski definition) is 1. The maximum absolute atomic E-state index is 14.6. The van der Waals surface area contributed by atoms with Crippen molar-refractivity contribution in [1.82, 2.24) is 29.2 Å². The van der Waals surface area contributed by atoms with Crippen LogP contribution < -0.4 is 5.69 Å². The van der Waals surface area contributed by atoms with Crippen LogP contribution in [0, 0.1) is 11.6 Å². The monoisotopic (exact) mass is 568 g/mol. The number of benzene rings is 2. The van der Waals surface area contributed by atoms with E-state index in [1.54, 1.807) is 35.5 Å².